The summed E-state index contributed by atoms with van der Waals surface area (Å²) in [5.41, 5.74) is 0. The van der Waals surface area contributed by atoms with E-state index in [1.54, 1.807) is 0 Å². The summed E-state index contributed by atoms with van der Waals surface area (Å²) in [6, 6.07) is 0.102. The number of rotatable bonds is 1. The maximum Gasteiger partial charge on any atom is 0.0966 e. The van der Waals surface area contributed by atoms with Crippen LogP contribution in [0.5, 0.6) is 0 Å². The van der Waals surface area contributed by atoms with Crippen molar-refractivity contribution in [3.8, 4) is 0 Å². The van der Waals surface area contributed by atoms with E-state index in [2.05, 4.69) is 5.32 Å². The van der Waals surface area contributed by atoms with Crippen LogP contribution in [0.15, 0.2) is 0 Å². The van der Waals surface area contributed by atoms with Gasteiger partial charge in [0.2, 0.25) is 0 Å². The van der Waals surface area contributed by atoms with E-state index in [0.29, 0.717) is 0 Å². The Bertz CT molecular complexity index is 118. The molecule has 1 saturated heterocycles. The van der Waals surface area contributed by atoms with E-state index in [1.807, 2.05) is 13.8 Å². The van der Waals surface area contributed by atoms with Gasteiger partial charge in [-0.1, -0.05) is 6.92 Å². The Kier molecular flexibility index (Phi) is 2.28. The lowest BCUT2D eigenvalue weighted by Gasteiger charge is -2.12. The zero-order valence-electron chi connectivity index (χ0n) is 6.41. The van der Waals surface area contributed by atoms with E-state index in [4.69, 9.17) is 0 Å². The molecule has 3 N–H and O–H groups in total. The summed E-state index contributed by atoms with van der Waals surface area (Å²) in [6.45, 7) is 3.87. The van der Waals surface area contributed by atoms with Crippen molar-refractivity contribution in [2.45, 2.75) is 44.6 Å². The molecule has 1 aliphatic heterocycles. The largest absolute Gasteiger partial charge is 0.389 e. The van der Waals surface area contributed by atoms with E-state index in [9.17, 15) is 10.2 Å². The molecule has 0 aliphatic carbocycles. The van der Waals surface area contributed by atoms with Gasteiger partial charge in [-0.15, -0.1) is 0 Å². The third kappa shape index (κ3) is 1.17. The fraction of sp³-hybridized carbons (Fsp3) is 1.00. The molecule has 10 heavy (non-hydrogen) atoms. The van der Waals surface area contributed by atoms with Crippen LogP contribution in [0.2, 0.25) is 0 Å². The zero-order chi connectivity index (χ0) is 7.72. The summed E-state index contributed by atoms with van der Waals surface area (Å²) < 4.78 is 0. The minimum atomic E-state index is -0.593. The molecule has 1 heterocycles. The quantitative estimate of drug-likeness (QED) is 0.465. The molecule has 1 fully saturated rings. The molecule has 1 aliphatic rings. The Morgan fingerprint density at radius 3 is 2.10 bits per heavy atom. The van der Waals surface area contributed by atoms with E-state index >= 15 is 0 Å². The fourth-order valence-electron chi connectivity index (χ4n) is 1.43. The summed E-state index contributed by atoms with van der Waals surface area (Å²) in [6.07, 6.45) is -0.312. The Labute approximate surface area is 61.1 Å². The SMILES string of the molecule is CC[C@@H]1N[C@@H](C)[C@@H](O)[C@H]1O. The second-order valence-corrected chi connectivity index (χ2v) is 2.95. The van der Waals surface area contributed by atoms with Crippen LogP contribution in [-0.4, -0.2) is 34.5 Å². The molecule has 0 aromatic carbocycles. The van der Waals surface area contributed by atoms with Crippen molar-refractivity contribution in [3.63, 3.8) is 0 Å². The average molecular weight is 145 g/mol. The minimum Gasteiger partial charge on any atom is -0.389 e. The molecule has 0 aromatic heterocycles. The average Bonchev–Trinajstić information content (AvgIpc) is 2.17. The third-order valence-corrected chi connectivity index (χ3v) is 2.19. The standard InChI is InChI=1S/C7H15NO2/c1-3-5-7(10)6(9)4(2)8-5/h4-10H,3H2,1-2H3/t4-,5-,6+,7-/m0/s1. The van der Waals surface area contributed by atoms with Gasteiger partial charge in [0.05, 0.1) is 12.2 Å². The normalized spacial score (nSPS) is 48.0. The van der Waals surface area contributed by atoms with Crippen LogP contribution in [0.25, 0.3) is 0 Å². The Morgan fingerprint density at radius 2 is 1.90 bits per heavy atom. The van der Waals surface area contributed by atoms with Gasteiger partial charge in [-0.2, -0.15) is 0 Å². The molecule has 3 nitrogen and oxygen atoms in total. The van der Waals surface area contributed by atoms with Crippen LogP contribution < -0.4 is 5.32 Å². The van der Waals surface area contributed by atoms with Crippen molar-refractivity contribution in [1.29, 1.82) is 0 Å². The number of aliphatic hydroxyl groups is 2. The first kappa shape index (κ1) is 7.98. The van der Waals surface area contributed by atoms with Gasteiger partial charge in [0.15, 0.2) is 0 Å². The Morgan fingerprint density at radius 1 is 1.30 bits per heavy atom. The lowest BCUT2D eigenvalue weighted by molar-refractivity contribution is 0.0299. The first-order valence-corrected chi connectivity index (χ1v) is 3.79. The summed E-state index contributed by atoms with van der Waals surface area (Å²) in [5.74, 6) is 0. The smallest absolute Gasteiger partial charge is 0.0966 e. The van der Waals surface area contributed by atoms with Crippen LogP contribution in [-0.2, 0) is 0 Å². The third-order valence-electron chi connectivity index (χ3n) is 2.19. The molecular weight excluding hydrogens is 130 g/mol. The van der Waals surface area contributed by atoms with Crippen molar-refractivity contribution >= 4 is 0 Å². The van der Waals surface area contributed by atoms with Crippen LogP contribution in [0.3, 0.4) is 0 Å². The van der Waals surface area contributed by atoms with Gasteiger partial charge in [0, 0.05) is 12.1 Å². The predicted molar refractivity (Wildman–Crippen MR) is 38.7 cm³/mol. The highest BCUT2D eigenvalue weighted by atomic mass is 16.3. The maximum absolute atomic E-state index is 9.32. The summed E-state index contributed by atoms with van der Waals surface area (Å²) in [4.78, 5) is 0. The summed E-state index contributed by atoms with van der Waals surface area (Å²) >= 11 is 0. The van der Waals surface area contributed by atoms with Crippen molar-refractivity contribution in [2.24, 2.45) is 0 Å². The van der Waals surface area contributed by atoms with E-state index in [1.165, 1.54) is 0 Å². The summed E-state index contributed by atoms with van der Waals surface area (Å²) in [5, 5.41) is 21.7. The van der Waals surface area contributed by atoms with Gasteiger partial charge >= 0.3 is 0 Å². The van der Waals surface area contributed by atoms with Crippen LogP contribution in [0.4, 0.5) is 0 Å². The molecule has 4 atom stereocenters. The molecular formula is C7H15NO2. The van der Waals surface area contributed by atoms with Crippen molar-refractivity contribution in [3.05, 3.63) is 0 Å². The van der Waals surface area contributed by atoms with Crippen LogP contribution in [0.1, 0.15) is 20.3 Å². The van der Waals surface area contributed by atoms with Gasteiger partial charge in [-0.05, 0) is 13.3 Å². The Hall–Kier alpha value is -0.120. The summed E-state index contributed by atoms with van der Waals surface area (Å²) in [7, 11) is 0. The maximum atomic E-state index is 9.32. The van der Waals surface area contributed by atoms with Crippen molar-refractivity contribution in [1.82, 2.24) is 5.32 Å². The van der Waals surface area contributed by atoms with Gasteiger partial charge in [0.1, 0.15) is 0 Å². The second-order valence-electron chi connectivity index (χ2n) is 2.95. The van der Waals surface area contributed by atoms with Crippen molar-refractivity contribution in [2.75, 3.05) is 0 Å². The Balaban J connectivity index is 2.53. The van der Waals surface area contributed by atoms with E-state index < -0.39 is 12.2 Å². The van der Waals surface area contributed by atoms with Gasteiger partial charge in [-0.3, -0.25) is 0 Å². The molecule has 0 aromatic rings. The van der Waals surface area contributed by atoms with Crippen LogP contribution in [0, 0.1) is 0 Å². The highest BCUT2D eigenvalue weighted by Gasteiger charge is 2.36. The lowest BCUT2D eigenvalue weighted by atomic mass is 10.1. The van der Waals surface area contributed by atoms with Gasteiger partial charge in [-0.25, -0.2) is 0 Å². The number of nitrogens with one attached hydrogen (secondary N) is 1. The first-order chi connectivity index (χ1) is 4.66. The predicted octanol–water partition coefficient (Wildman–Crippen LogP) is -0.522. The van der Waals surface area contributed by atoms with Crippen molar-refractivity contribution < 1.29 is 10.2 Å². The molecule has 3 heteroatoms. The number of aliphatic hydroxyl groups excluding tert-OH is 2. The topological polar surface area (TPSA) is 52.5 Å². The number of hydrogen-bond acceptors (Lipinski definition) is 3. The molecule has 0 spiro atoms. The molecule has 0 bridgehead atoms. The molecule has 60 valence electrons. The fourth-order valence-corrected chi connectivity index (χ4v) is 1.43. The molecule has 0 amide bonds. The molecule has 0 unspecified atom stereocenters. The molecule has 0 radical (unpaired) electrons. The lowest BCUT2D eigenvalue weighted by Crippen LogP contribution is -2.31. The van der Waals surface area contributed by atoms with Gasteiger partial charge < -0.3 is 15.5 Å². The first-order valence-electron chi connectivity index (χ1n) is 3.79. The monoisotopic (exact) mass is 145 g/mol. The number of hydrogen-bond donors (Lipinski definition) is 3. The molecule has 0 saturated carbocycles. The van der Waals surface area contributed by atoms with E-state index in [-0.39, 0.29) is 12.1 Å². The zero-order valence-corrected chi connectivity index (χ0v) is 6.41. The highest BCUT2D eigenvalue weighted by Crippen LogP contribution is 2.15. The van der Waals surface area contributed by atoms with Crippen LogP contribution >= 0.6 is 0 Å². The van der Waals surface area contributed by atoms with Gasteiger partial charge in [0.25, 0.3) is 0 Å². The van der Waals surface area contributed by atoms with E-state index in [0.717, 1.165) is 6.42 Å². The molecule has 1 rings (SSSR count). The second kappa shape index (κ2) is 2.86. The highest BCUT2D eigenvalue weighted by molar-refractivity contribution is 4.95. The minimum absolute atomic E-state index is 0.0277.